The first kappa shape index (κ1) is 28.0. The van der Waals surface area contributed by atoms with Crippen LogP contribution < -0.4 is 10.6 Å². The number of ether oxygens (including phenoxy) is 1. The Bertz CT molecular complexity index is 1030. The van der Waals surface area contributed by atoms with Crippen LogP contribution in [0.3, 0.4) is 0 Å². The Labute approximate surface area is 218 Å². The van der Waals surface area contributed by atoms with Gasteiger partial charge in [0.1, 0.15) is 11.5 Å². The van der Waals surface area contributed by atoms with Crippen molar-refractivity contribution in [2.24, 2.45) is 5.92 Å². The summed E-state index contributed by atoms with van der Waals surface area (Å²) in [4.78, 5) is 26.3. The predicted molar refractivity (Wildman–Crippen MR) is 140 cm³/mol. The summed E-state index contributed by atoms with van der Waals surface area (Å²) < 4.78 is 10.6. The number of nitrogens with zero attached hydrogens (tertiary/aromatic N) is 1. The van der Waals surface area contributed by atoms with Crippen LogP contribution in [0.5, 0.6) is 0 Å². The van der Waals surface area contributed by atoms with Gasteiger partial charge in [0.25, 0.3) is 0 Å². The number of carbonyl (C=O) groups excluding carboxylic acids is 2. The number of likely N-dealkylation sites (tertiary alicyclic amines) is 1. The topological polar surface area (TPSA) is 104 Å². The normalized spacial score (nSPS) is 17.5. The summed E-state index contributed by atoms with van der Waals surface area (Å²) >= 11 is 6.67. The molecular formula is C27H38ClN3O5. The minimum Gasteiger partial charge on any atom is -0.461 e. The second-order valence-corrected chi connectivity index (χ2v) is 9.81. The van der Waals surface area contributed by atoms with Crippen LogP contribution >= 0.6 is 11.6 Å². The molecule has 2 aromatic rings. The fourth-order valence-electron chi connectivity index (χ4n) is 5.05. The highest BCUT2D eigenvalue weighted by molar-refractivity contribution is 6.33. The molecular weight excluding hydrogens is 482 g/mol. The maximum absolute atomic E-state index is 12.9. The van der Waals surface area contributed by atoms with Gasteiger partial charge in [0, 0.05) is 37.5 Å². The molecule has 3 N–H and O–H groups in total. The third kappa shape index (κ3) is 6.81. The molecule has 0 bridgehead atoms. The van der Waals surface area contributed by atoms with Crippen molar-refractivity contribution in [3.05, 3.63) is 46.7 Å². The first-order valence-corrected chi connectivity index (χ1v) is 13.0. The van der Waals surface area contributed by atoms with E-state index >= 15 is 0 Å². The van der Waals surface area contributed by atoms with E-state index in [-0.39, 0.29) is 11.8 Å². The molecule has 1 aromatic carbocycles. The lowest BCUT2D eigenvalue weighted by atomic mass is 9.72. The van der Waals surface area contributed by atoms with E-state index in [0.717, 1.165) is 31.6 Å². The molecule has 0 spiro atoms. The third-order valence-corrected chi connectivity index (χ3v) is 7.24. The predicted octanol–water partition coefficient (Wildman–Crippen LogP) is 4.47. The van der Waals surface area contributed by atoms with Crippen molar-refractivity contribution in [3.8, 4) is 11.3 Å². The molecule has 36 heavy (non-hydrogen) atoms. The highest BCUT2D eigenvalue weighted by Gasteiger charge is 2.43. The first-order chi connectivity index (χ1) is 17.3. The molecule has 0 radical (unpaired) electrons. The van der Waals surface area contributed by atoms with Gasteiger partial charge in [-0.05, 0) is 76.4 Å². The molecule has 2 heterocycles. The minimum absolute atomic E-state index is 0.109. The van der Waals surface area contributed by atoms with Crippen molar-refractivity contribution in [2.75, 3.05) is 40.3 Å². The van der Waals surface area contributed by atoms with E-state index in [1.807, 2.05) is 43.1 Å². The van der Waals surface area contributed by atoms with Crippen LogP contribution in [-0.2, 0) is 15.1 Å². The zero-order valence-electron chi connectivity index (χ0n) is 21.4. The maximum atomic E-state index is 12.9. The van der Waals surface area contributed by atoms with E-state index in [1.54, 1.807) is 6.07 Å². The Morgan fingerprint density at radius 3 is 2.75 bits per heavy atom. The van der Waals surface area contributed by atoms with Crippen LogP contribution in [0, 0.1) is 12.8 Å². The molecule has 1 saturated heterocycles. The van der Waals surface area contributed by atoms with Crippen LogP contribution in [0.4, 0.5) is 4.79 Å². The Kier molecular flexibility index (Phi) is 10.2. The summed E-state index contributed by atoms with van der Waals surface area (Å²) in [5.74, 6) is 1.25. The van der Waals surface area contributed by atoms with Gasteiger partial charge in [0.15, 0.2) is 0 Å². The number of benzene rings is 1. The lowest BCUT2D eigenvalue weighted by Crippen LogP contribution is -2.48. The molecule has 2 atom stereocenters. The van der Waals surface area contributed by atoms with Gasteiger partial charge in [-0.3, -0.25) is 4.79 Å². The Balaban J connectivity index is 1.93. The van der Waals surface area contributed by atoms with E-state index in [0.29, 0.717) is 60.8 Å². The number of aliphatic hydroxyl groups is 1. The van der Waals surface area contributed by atoms with E-state index < -0.39 is 11.7 Å². The number of hydrogen-bond donors (Lipinski definition) is 3. The van der Waals surface area contributed by atoms with Crippen molar-refractivity contribution in [1.29, 1.82) is 0 Å². The molecule has 198 valence electrons. The first-order valence-electron chi connectivity index (χ1n) is 12.6. The smallest absolute Gasteiger partial charge is 0.406 e. The van der Waals surface area contributed by atoms with Crippen molar-refractivity contribution in [2.45, 2.75) is 51.0 Å². The number of piperidine rings is 1. The van der Waals surface area contributed by atoms with Gasteiger partial charge in [-0.1, -0.05) is 23.7 Å². The Morgan fingerprint density at radius 1 is 1.25 bits per heavy atom. The number of alkyl carbamates (subject to hydrolysis) is 1. The molecule has 9 heteroatoms. The van der Waals surface area contributed by atoms with Crippen LogP contribution in [0.15, 0.2) is 34.7 Å². The van der Waals surface area contributed by atoms with Crippen LogP contribution in [0.1, 0.15) is 49.8 Å². The number of amides is 2. The van der Waals surface area contributed by atoms with Gasteiger partial charge in [-0.15, -0.1) is 0 Å². The molecule has 1 fully saturated rings. The van der Waals surface area contributed by atoms with E-state index in [2.05, 4.69) is 15.4 Å². The van der Waals surface area contributed by atoms with Gasteiger partial charge < -0.3 is 29.8 Å². The Hall–Kier alpha value is -2.55. The van der Waals surface area contributed by atoms with E-state index in [1.165, 1.54) is 7.11 Å². The quantitative estimate of drug-likeness (QED) is 0.378. The average molecular weight is 520 g/mol. The average Bonchev–Trinajstić information content (AvgIpc) is 3.31. The summed E-state index contributed by atoms with van der Waals surface area (Å²) in [5, 5.41) is 18.7. The molecule has 1 aliphatic heterocycles. The summed E-state index contributed by atoms with van der Waals surface area (Å²) in [7, 11) is 3.19. The summed E-state index contributed by atoms with van der Waals surface area (Å²) in [6.07, 6.45) is 3.20. The molecule has 1 aromatic heterocycles. The van der Waals surface area contributed by atoms with Crippen molar-refractivity contribution >= 4 is 23.6 Å². The summed E-state index contributed by atoms with van der Waals surface area (Å²) in [6.45, 7) is 4.15. The minimum atomic E-state index is -1.29. The number of rotatable bonds is 11. The van der Waals surface area contributed by atoms with E-state index in [4.69, 9.17) is 16.0 Å². The standard InChI is InChI=1S/C27H38ClN3O5/c1-19-12-13-23(36-19)25-21(9-4-10-22(25)28)27(34,14-7-16-30-26(33)35-3)20-8-6-17-31(18-20)24(32)11-5-15-29-2/h4,9-10,12-13,20,29,34H,5-8,11,14-18H2,1-3H3,(H,30,33)/t20-,27+/m1/s1. The largest absolute Gasteiger partial charge is 0.461 e. The monoisotopic (exact) mass is 519 g/mol. The molecule has 8 nitrogen and oxygen atoms in total. The van der Waals surface area contributed by atoms with Gasteiger partial charge in [-0.25, -0.2) is 4.79 Å². The molecule has 0 saturated carbocycles. The van der Waals surface area contributed by atoms with Gasteiger partial charge >= 0.3 is 6.09 Å². The second kappa shape index (κ2) is 13.1. The fourth-order valence-corrected chi connectivity index (χ4v) is 5.32. The van der Waals surface area contributed by atoms with Crippen molar-refractivity contribution < 1.29 is 23.8 Å². The Morgan fingerprint density at radius 2 is 2.06 bits per heavy atom. The third-order valence-electron chi connectivity index (χ3n) is 6.92. The lowest BCUT2D eigenvalue weighted by Gasteiger charge is -2.43. The van der Waals surface area contributed by atoms with Gasteiger partial charge in [0.05, 0.1) is 17.7 Å². The van der Waals surface area contributed by atoms with Crippen molar-refractivity contribution in [3.63, 3.8) is 0 Å². The number of halogens is 1. The molecule has 1 aliphatic rings. The number of aryl methyl sites for hydroxylation is 1. The molecule has 0 aliphatic carbocycles. The number of carbonyl (C=O) groups is 2. The lowest BCUT2D eigenvalue weighted by molar-refractivity contribution is -0.136. The van der Waals surface area contributed by atoms with E-state index in [9.17, 15) is 14.7 Å². The number of furan rings is 1. The molecule has 3 rings (SSSR count). The van der Waals surface area contributed by atoms with Crippen LogP contribution in [0.25, 0.3) is 11.3 Å². The second-order valence-electron chi connectivity index (χ2n) is 9.40. The highest BCUT2D eigenvalue weighted by atomic mass is 35.5. The fraction of sp³-hybridized carbons (Fsp3) is 0.556. The van der Waals surface area contributed by atoms with Crippen molar-refractivity contribution in [1.82, 2.24) is 15.5 Å². The van der Waals surface area contributed by atoms with Gasteiger partial charge in [0.2, 0.25) is 5.91 Å². The zero-order chi connectivity index (χ0) is 26.1. The molecule has 2 amide bonds. The summed E-state index contributed by atoms with van der Waals surface area (Å²) in [5.41, 5.74) is 0.0490. The maximum Gasteiger partial charge on any atom is 0.406 e. The zero-order valence-corrected chi connectivity index (χ0v) is 22.2. The van der Waals surface area contributed by atoms with Gasteiger partial charge in [-0.2, -0.15) is 0 Å². The van der Waals surface area contributed by atoms with Crippen LogP contribution in [0.2, 0.25) is 5.02 Å². The highest BCUT2D eigenvalue weighted by Crippen LogP contribution is 2.45. The molecule has 0 unspecified atom stereocenters. The number of nitrogens with one attached hydrogen (secondary N) is 2. The van der Waals surface area contributed by atoms with Crippen LogP contribution in [-0.4, -0.2) is 62.3 Å². The SMILES string of the molecule is CNCCCC(=O)N1CCC[C@@H]([C@@](O)(CCCNC(=O)OC)c2cccc(Cl)c2-c2ccc(C)o2)C1. The number of hydrogen-bond acceptors (Lipinski definition) is 6. The number of methoxy groups -OCH3 is 1. The summed E-state index contributed by atoms with van der Waals surface area (Å²) in [6, 6.07) is 9.24.